The monoisotopic (exact) mass is 283 g/mol. The Kier molecular flexibility index (Phi) is 4.95. The first-order valence-corrected chi connectivity index (χ1v) is 7.03. The molecule has 2 aromatic rings. The number of rotatable bonds is 6. The van der Waals surface area contributed by atoms with Crippen LogP contribution in [0.3, 0.4) is 0 Å². The minimum absolute atomic E-state index is 0.0273. The second kappa shape index (κ2) is 6.90. The Morgan fingerprint density at radius 1 is 1.19 bits per heavy atom. The number of amides is 1. The fourth-order valence-corrected chi connectivity index (χ4v) is 2.25. The molecule has 0 aliphatic heterocycles. The predicted molar refractivity (Wildman–Crippen MR) is 86.2 cm³/mol. The number of aryl methyl sites for hydroxylation is 1. The highest BCUT2D eigenvalue weighted by molar-refractivity contribution is 5.98. The molecule has 0 aliphatic rings. The molecule has 0 heterocycles. The number of hydrogen-bond acceptors (Lipinski definition) is 3. The zero-order valence-electron chi connectivity index (χ0n) is 12.2. The molecule has 21 heavy (non-hydrogen) atoms. The Morgan fingerprint density at radius 2 is 1.90 bits per heavy atom. The van der Waals surface area contributed by atoms with Gasteiger partial charge in [0.1, 0.15) is 0 Å². The third-order valence-corrected chi connectivity index (χ3v) is 3.44. The summed E-state index contributed by atoms with van der Waals surface area (Å²) in [6.45, 7) is 2.66. The van der Waals surface area contributed by atoms with Crippen molar-refractivity contribution in [3.63, 3.8) is 0 Å². The highest BCUT2D eigenvalue weighted by Crippen LogP contribution is 2.18. The van der Waals surface area contributed by atoms with E-state index in [2.05, 4.69) is 5.32 Å². The molecule has 1 amide bonds. The first kappa shape index (κ1) is 15.1. The fourth-order valence-electron chi connectivity index (χ4n) is 2.25. The molecule has 0 bridgehead atoms. The molecule has 0 saturated heterocycles. The molecule has 5 N–H and O–H groups in total. The number of nitrogens with two attached hydrogens (primary N) is 2. The molecule has 110 valence electrons. The van der Waals surface area contributed by atoms with Crippen molar-refractivity contribution in [2.75, 3.05) is 11.9 Å². The first-order chi connectivity index (χ1) is 10.1. The molecule has 0 aromatic heterocycles. The lowest BCUT2D eigenvalue weighted by Crippen LogP contribution is -2.18. The van der Waals surface area contributed by atoms with Crippen LogP contribution in [0.15, 0.2) is 48.5 Å². The number of anilines is 1. The number of primary amides is 1. The lowest BCUT2D eigenvalue weighted by Gasteiger charge is -2.15. The van der Waals surface area contributed by atoms with Crippen molar-refractivity contribution in [3.05, 3.63) is 65.2 Å². The van der Waals surface area contributed by atoms with E-state index in [1.165, 1.54) is 0 Å². The molecule has 1 unspecified atom stereocenters. The molecule has 0 aliphatic carbocycles. The van der Waals surface area contributed by atoms with E-state index < -0.39 is 5.91 Å². The summed E-state index contributed by atoms with van der Waals surface area (Å²) in [7, 11) is 0. The van der Waals surface area contributed by atoms with Gasteiger partial charge in [-0.2, -0.15) is 0 Å². The lowest BCUT2D eigenvalue weighted by atomic mass is 10.0. The molecule has 2 rings (SSSR count). The van der Waals surface area contributed by atoms with E-state index in [0.29, 0.717) is 12.1 Å². The van der Waals surface area contributed by atoms with E-state index in [-0.39, 0.29) is 6.04 Å². The normalized spacial score (nSPS) is 11.9. The molecule has 4 nitrogen and oxygen atoms in total. The van der Waals surface area contributed by atoms with Gasteiger partial charge in [-0.3, -0.25) is 4.79 Å². The largest absolute Gasteiger partial charge is 0.384 e. The van der Waals surface area contributed by atoms with Crippen molar-refractivity contribution in [2.45, 2.75) is 19.4 Å². The van der Waals surface area contributed by atoms with Crippen LogP contribution < -0.4 is 16.8 Å². The van der Waals surface area contributed by atoms with Gasteiger partial charge in [0.2, 0.25) is 0 Å². The van der Waals surface area contributed by atoms with E-state index in [1.54, 1.807) is 6.07 Å². The van der Waals surface area contributed by atoms with Crippen LogP contribution in [-0.4, -0.2) is 12.5 Å². The molecule has 0 spiro atoms. The number of carbonyl (C=O) groups excluding carboxylic acids is 1. The molecular formula is C17H21N3O. The Hall–Kier alpha value is -2.33. The van der Waals surface area contributed by atoms with Gasteiger partial charge in [0.15, 0.2) is 0 Å². The Bertz CT molecular complexity index is 611. The third kappa shape index (κ3) is 4.07. The lowest BCUT2D eigenvalue weighted by molar-refractivity contribution is 0.100. The molecule has 0 fully saturated rings. The summed E-state index contributed by atoms with van der Waals surface area (Å²) in [5.41, 5.74) is 15.0. The van der Waals surface area contributed by atoms with E-state index >= 15 is 0 Å². The summed E-state index contributed by atoms with van der Waals surface area (Å²) >= 11 is 0. The summed E-state index contributed by atoms with van der Waals surface area (Å²) in [6.07, 6.45) is 0.774. The van der Waals surface area contributed by atoms with Gasteiger partial charge >= 0.3 is 0 Å². The number of hydrogen-bond donors (Lipinski definition) is 3. The second-order valence-corrected chi connectivity index (χ2v) is 5.15. The molecule has 1 atom stereocenters. The Balaban J connectivity index is 1.97. The van der Waals surface area contributed by atoms with Crippen molar-refractivity contribution < 1.29 is 4.79 Å². The van der Waals surface area contributed by atoms with Gasteiger partial charge in [0, 0.05) is 18.3 Å². The second-order valence-electron chi connectivity index (χ2n) is 5.15. The smallest absolute Gasteiger partial charge is 0.250 e. The van der Waals surface area contributed by atoms with E-state index in [9.17, 15) is 4.79 Å². The fraction of sp³-hybridized carbons (Fsp3) is 0.235. The van der Waals surface area contributed by atoms with Crippen LogP contribution in [0.4, 0.5) is 5.69 Å². The van der Waals surface area contributed by atoms with Crippen molar-refractivity contribution >= 4 is 11.6 Å². The maximum absolute atomic E-state index is 11.4. The van der Waals surface area contributed by atoms with Crippen molar-refractivity contribution in [1.29, 1.82) is 0 Å². The number of nitrogens with one attached hydrogen (secondary N) is 1. The van der Waals surface area contributed by atoms with Gasteiger partial charge in [-0.05, 0) is 36.6 Å². The Labute approximate surface area is 125 Å². The molecule has 0 radical (unpaired) electrons. The van der Waals surface area contributed by atoms with Crippen LogP contribution in [0.1, 0.15) is 33.9 Å². The Morgan fingerprint density at radius 3 is 2.57 bits per heavy atom. The van der Waals surface area contributed by atoms with Gasteiger partial charge in [0.05, 0.1) is 5.56 Å². The molecule has 0 saturated carbocycles. The van der Waals surface area contributed by atoms with Crippen LogP contribution in [-0.2, 0) is 0 Å². The zero-order valence-corrected chi connectivity index (χ0v) is 12.2. The van der Waals surface area contributed by atoms with Crippen LogP contribution in [0.2, 0.25) is 0 Å². The van der Waals surface area contributed by atoms with Gasteiger partial charge in [0.25, 0.3) is 5.91 Å². The van der Waals surface area contributed by atoms with Crippen molar-refractivity contribution in [1.82, 2.24) is 0 Å². The average Bonchev–Trinajstić information content (AvgIpc) is 2.48. The summed E-state index contributed by atoms with van der Waals surface area (Å²) < 4.78 is 0. The van der Waals surface area contributed by atoms with Crippen LogP contribution in [0.25, 0.3) is 0 Å². The first-order valence-electron chi connectivity index (χ1n) is 7.03. The van der Waals surface area contributed by atoms with Gasteiger partial charge in [-0.1, -0.05) is 36.4 Å². The van der Waals surface area contributed by atoms with Crippen LogP contribution >= 0.6 is 0 Å². The maximum atomic E-state index is 11.4. The van der Waals surface area contributed by atoms with Crippen molar-refractivity contribution in [2.24, 2.45) is 11.5 Å². The maximum Gasteiger partial charge on any atom is 0.250 e. The summed E-state index contributed by atoms with van der Waals surface area (Å²) in [4.78, 5) is 11.4. The van der Waals surface area contributed by atoms with Crippen LogP contribution in [0.5, 0.6) is 0 Å². The molecule has 4 heteroatoms. The number of benzene rings is 2. The topological polar surface area (TPSA) is 81.1 Å². The van der Waals surface area contributed by atoms with E-state index in [0.717, 1.165) is 23.2 Å². The van der Waals surface area contributed by atoms with Crippen LogP contribution in [0, 0.1) is 6.92 Å². The highest BCUT2D eigenvalue weighted by Gasteiger charge is 2.09. The molecule has 2 aromatic carbocycles. The van der Waals surface area contributed by atoms with Gasteiger partial charge in [-0.25, -0.2) is 0 Å². The standard InChI is InChI=1S/C17H21N3O/c1-12-7-8-14(17(19)21)16(11-12)20-10-9-15(18)13-5-3-2-4-6-13/h2-8,11,15,20H,9-10,18H2,1H3,(H2,19,21). The number of carbonyl (C=O) groups is 1. The van der Waals surface area contributed by atoms with Gasteiger partial charge in [-0.15, -0.1) is 0 Å². The third-order valence-electron chi connectivity index (χ3n) is 3.44. The average molecular weight is 283 g/mol. The SMILES string of the molecule is Cc1ccc(C(N)=O)c(NCCC(N)c2ccccc2)c1. The zero-order chi connectivity index (χ0) is 15.2. The molecular weight excluding hydrogens is 262 g/mol. The minimum atomic E-state index is -0.426. The quantitative estimate of drug-likeness (QED) is 0.762. The predicted octanol–water partition coefficient (Wildman–Crippen LogP) is 2.60. The summed E-state index contributed by atoms with van der Waals surface area (Å²) in [5.74, 6) is -0.426. The highest BCUT2D eigenvalue weighted by atomic mass is 16.1. The minimum Gasteiger partial charge on any atom is -0.384 e. The van der Waals surface area contributed by atoms with E-state index in [4.69, 9.17) is 11.5 Å². The summed E-state index contributed by atoms with van der Waals surface area (Å²) in [5, 5.41) is 3.26. The van der Waals surface area contributed by atoms with Crippen molar-refractivity contribution in [3.8, 4) is 0 Å². The van der Waals surface area contributed by atoms with E-state index in [1.807, 2.05) is 49.4 Å². The van der Waals surface area contributed by atoms with Gasteiger partial charge < -0.3 is 16.8 Å². The summed E-state index contributed by atoms with van der Waals surface area (Å²) in [6, 6.07) is 15.5.